The van der Waals surface area contributed by atoms with Gasteiger partial charge in [0.15, 0.2) is 5.17 Å². The summed E-state index contributed by atoms with van der Waals surface area (Å²) in [4.78, 5) is 20.6. The van der Waals surface area contributed by atoms with Gasteiger partial charge in [-0.15, -0.1) is 0 Å². The highest BCUT2D eigenvalue weighted by molar-refractivity contribution is 8.18. The maximum Gasteiger partial charge on any atom is 0.266 e. The lowest BCUT2D eigenvalue weighted by atomic mass is 10.1. The molecule has 0 atom stereocenters. The molecule has 0 N–H and O–H groups in total. The van der Waals surface area contributed by atoms with Crippen molar-refractivity contribution in [1.82, 2.24) is 4.90 Å². The normalized spacial score (nSPS) is 16.2. The van der Waals surface area contributed by atoms with Gasteiger partial charge < -0.3 is 4.74 Å². The summed E-state index contributed by atoms with van der Waals surface area (Å²) < 4.78 is 5.30. The molecule has 162 valence electrons. The standard InChI is InChI=1S/C27H26N2O2S/c1-19-9-12-23(13-10-19)28-27-29(16-15-21-7-5-4-6-8-21)26(30)25(32-27)18-22-11-14-24(31-3)17-20(22)2/h4-14,17-18H,15-16H2,1-3H3/b25-18+,28-27?. The average molecular weight is 443 g/mol. The second-order valence-corrected chi connectivity index (χ2v) is 8.76. The van der Waals surface area contributed by atoms with E-state index in [1.54, 1.807) is 12.0 Å². The van der Waals surface area contributed by atoms with Gasteiger partial charge in [-0.2, -0.15) is 0 Å². The highest BCUT2D eigenvalue weighted by Gasteiger charge is 2.33. The molecule has 1 amide bonds. The van der Waals surface area contributed by atoms with Crippen molar-refractivity contribution < 1.29 is 9.53 Å². The van der Waals surface area contributed by atoms with Crippen LogP contribution in [0.3, 0.4) is 0 Å². The molecular formula is C27H26N2O2S. The number of amidine groups is 1. The fourth-order valence-corrected chi connectivity index (χ4v) is 4.50. The van der Waals surface area contributed by atoms with Gasteiger partial charge in [-0.05, 0) is 79.1 Å². The lowest BCUT2D eigenvalue weighted by Gasteiger charge is -2.15. The number of methoxy groups -OCH3 is 1. The fourth-order valence-electron chi connectivity index (χ4n) is 3.48. The van der Waals surface area contributed by atoms with E-state index in [0.29, 0.717) is 16.6 Å². The van der Waals surface area contributed by atoms with Crippen LogP contribution in [0.25, 0.3) is 6.08 Å². The van der Waals surface area contributed by atoms with E-state index in [2.05, 4.69) is 19.1 Å². The van der Waals surface area contributed by atoms with Gasteiger partial charge in [-0.25, -0.2) is 4.99 Å². The highest BCUT2D eigenvalue weighted by atomic mass is 32.2. The van der Waals surface area contributed by atoms with Gasteiger partial charge in [0.2, 0.25) is 0 Å². The summed E-state index contributed by atoms with van der Waals surface area (Å²) in [6, 6.07) is 24.1. The minimum Gasteiger partial charge on any atom is -0.497 e. The van der Waals surface area contributed by atoms with Crippen LogP contribution in [0.4, 0.5) is 5.69 Å². The van der Waals surface area contributed by atoms with Crippen molar-refractivity contribution in [3.63, 3.8) is 0 Å². The first kappa shape index (κ1) is 21.9. The van der Waals surface area contributed by atoms with Crippen molar-refractivity contribution in [2.75, 3.05) is 13.7 Å². The van der Waals surface area contributed by atoms with Crippen molar-refractivity contribution in [2.45, 2.75) is 20.3 Å². The van der Waals surface area contributed by atoms with Crippen molar-refractivity contribution in [3.8, 4) is 5.75 Å². The number of hydrogen-bond donors (Lipinski definition) is 0. The first-order valence-corrected chi connectivity index (χ1v) is 11.4. The zero-order chi connectivity index (χ0) is 22.5. The zero-order valence-electron chi connectivity index (χ0n) is 18.5. The molecule has 3 aromatic carbocycles. The van der Waals surface area contributed by atoms with Gasteiger partial charge in [0.25, 0.3) is 5.91 Å². The van der Waals surface area contributed by atoms with E-state index in [-0.39, 0.29) is 5.91 Å². The number of carbonyl (C=O) groups is 1. The van der Waals surface area contributed by atoms with Gasteiger partial charge >= 0.3 is 0 Å². The number of carbonyl (C=O) groups excluding carboxylic acids is 1. The third-order valence-electron chi connectivity index (χ3n) is 5.38. The molecule has 1 heterocycles. The Bertz CT molecular complexity index is 1170. The van der Waals surface area contributed by atoms with Crippen molar-refractivity contribution >= 4 is 34.6 Å². The number of benzene rings is 3. The summed E-state index contributed by atoms with van der Waals surface area (Å²) in [5.41, 5.74) is 5.28. The van der Waals surface area contributed by atoms with E-state index in [0.717, 1.165) is 29.0 Å². The number of nitrogens with zero attached hydrogens (tertiary/aromatic N) is 2. The van der Waals surface area contributed by atoms with Crippen LogP contribution in [0.1, 0.15) is 22.3 Å². The van der Waals surface area contributed by atoms with Gasteiger partial charge in [0, 0.05) is 6.54 Å². The Balaban J connectivity index is 1.65. The Morgan fingerprint density at radius 3 is 2.44 bits per heavy atom. The molecule has 0 spiro atoms. The maximum absolute atomic E-state index is 13.4. The number of thioether (sulfide) groups is 1. The minimum absolute atomic E-state index is 0.00740. The van der Waals surface area contributed by atoms with Crippen molar-refractivity contribution in [3.05, 3.63) is 100.0 Å². The lowest BCUT2D eigenvalue weighted by molar-refractivity contribution is -0.122. The Hall–Kier alpha value is -3.31. The van der Waals surface area contributed by atoms with Crippen LogP contribution in [-0.4, -0.2) is 29.6 Å². The van der Waals surface area contributed by atoms with Crippen LogP contribution < -0.4 is 4.74 Å². The average Bonchev–Trinajstić information content (AvgIpc) is 3.09. The van der Waals surface area contributed by atoms with Crippen LogP contribution in [0.5, 0.6) is 5.75 Å². The molecule has 32 heavy (non-hydrogen) atoms. The Morgan fingerprint density at radius 2 is 1.75 bits per heavy atom. The van der Waals surface area contributed by atoms with E-state index >= 15 is 0 Å². The monoisotopic (exact) mass is 442 g/mol. The lowest BCUT2D eigenvalue weighted by Crippen LogP contribution is -2.31. The molecule has 3 aromatic rings. The summed E-state index contributed by atoms with van der Waals surface area (Å²) in [6.45, 7) is 4.65. The Labute approximate surface area is 193 Å². The van der Waals surface area contributed by atoms with Crippen LogP contribution in [0.15, 0.2) is 82.7 Å². The summed E-state index contributed by atoms with van der Waals surface area (Å²) in [7, 11) is 1.65. The van der Waals surface area contributed by atoms with E-state index in [1.807, 2.05) is 73.7 Å². The summed E-state index contributed by atoms with van der Waals surface area (Å²) >= 11 is 1.43. The van der Waals surface area contributed by atoms with Crippen molar-refractivity contribution in [2.24, 2.45) is 4.99 Å². The number of aryl methyl sites for hydroxylation is 2. The summed E-state index contributed by atoms with van der Waals surface area (Å²) in [5.74, 6) is 0.799. The number of rotatable bonds is 6. The number of hydrogen-bond acceptors (Lipinski definition) is 4. The molecule has 0 unspecified atom stereocenters. The quantitative estimate of drug-likeness (QED) is 0.430. The second kappa shape index (κ2) is 9.88. The Kier molecular flexibility index (Phi) is 6.76. The molecule has 1 aliphatic heterocycles. The predicted octanol–water partition coefficient (Wildman–Crippen LogP) is 6.16. The molecule has 0 radical (unpaired) electrons. The maximum atomic E-state index is 13.4. The molecule has 1 aliphatic rings. The molecule has 0 aliphatic carbocycles. The van der Waals surface area contributed by atoms with Gasteiger partial charge in [0.1, 0.15) is 5.75 Å². The third-order valence-corrected chi connectivity index (χ3v) is 6.38. The number of aliphatic imine (C=N–C) groups is 1. The summed E-state index contributed by atoms with van der Waals surface area (Å²) in [6.07, 6.45) is 2.73. The van der Waals surface area contributed by atoms with E-state index in [4.69, 9.17) is 9.73 Å². The molecular weight excluding hydrogens is 416 g/mol. The summed E-state index contributed by atoms with van der Waals surface area (Å²) in [5, 5.41) is 0.715. The molecule has 0 saturated carbocycles. The highest BCUT2D eigenvalue weighted by Crippen LogP contribution is 2.35. The smallest absolute Gasteiger partial charge is 0.266 e. The van der Waals surface area contributed by atoms with Crippen LogP contribution in [0.2, 0.25) is 0 Å². The predicted molar refractivity (Wildman–Crippen MR) is 133 cm³/mol. The van der Waals surface area contributed by atoms with E-state index < -0.39 is 0 Å². The van der Waals surface area contributed by atoms with Crippen molar-refractivity contribution in [1.29, 1.82) is 0 Å². The van der Waals surface area contributed by atoms with Gasteiger partial charge in [-0.1, -0.05) is 54.1 Å². The molecule has 0 bridgehead atoms. The molecule has 4 nitrogen and oxygen atoms in total. The van der Waals surface area contributed by atoms with Gasteiger partial charge in [-0.3, -0.25) is 9.69 Å². The molecule has 1 saturated heterocycles. The first-order chi connectivity index (χ1) is 15.5. The molecule has 4 rings (SSSR count). The topological polar surface area (TPSA) is 41.9 Å². The van der Waals surface area contributed by atoms with Crippen LogP contribution >= 0.6 is 11.8 Å². The van der Waals surface area contributed by atoms with E-state index in [9.17, 15) is 4.79 Å². The van der Waals surface area contributed by atoms with Crippen LogP contribution in [-0.2, 0) is 11.2 Å². The third kappa shape index (κ3) is 5.11. The SMILES string of the molecule is COc1ccc(/C=C2/SC(=Nc3ccc(C)cc3)N(CCc3ccccc3)C2=O)c(C)c1. The first-order valence-electron chi connectivity index (χ1n) is 10.6. The van der Waals surface area contributed by atoms with Gasteiger partial charge in [0.05, 0.1) is 17.7 Å². The molecule has 5 heteroatoms. The molecule has 1 fully saturated rings. The number of amides is 1. The largest absolute Gasteiger partial charge is 0.497 e. The zero-order valence-corrected chi connectivity index (χ0v) is 19.4. The fraction of sp³-hybridized carbons (Fsp3) is 0.185. The van der Waals surface area contributed by atoms with Crippen LogP contribution in [0, 0.1) is 13.8 Å². The Morgan fingerprint density at radius 1 is 1.00 bits per heavy atom. The number of ether oxygens (including phenoxy) is 1. The molecule has 0 aromatic heterocycles. The van der Waals surface area contributed by atoms with E-state index in [1.165, 1.54) is 22.9 Å². The second-order valence-electron chi connectivity index (χ2n) is 7.76. The minimum atomic E-state index is -0.00740.